The second-order valence-corrected chi connectivity index (χ2v) is 6.51. The molecule has 25 heavy (non-hydrogen) atoms. The third-order valence-corrected chi connectivity index (χ3v) is 4.47. The van der Waals surface area contributed by atoms with Gasteiger partial charge in [-0.15, -0.1) is 0 Å². The number of H-pyrrole nitrogens is 2. The number of nitrogens with two attached hydrogens (primary N) is 1. The van der Waals surface area contributed by atoms with E-state index in [2.05, 4.69) is 25.3 Å². The van der Waals surface area contributed by atoms with Crippen molar-refractivity contribution >= 4 is 34.7 Å². The first-order valence-electron chi connectivity index (χ1n) is 7.73. The molecule has 0 aliphatic heterocycles. The number of pyridine rings is 1. The van der Waals surface area contributed by atoms with Crippen molar-refractivity contribution in [2.24, 2.45) is 0 Å². The average molecular weight is 358 g/mol. The van der Waals surface area contributed by atoms with Gasteiger partial charge in [-0.3, -0.25) is 19.6 Å². The van der Waals surface area contributed by atoms with Crippen LogP contribution in [0.2, 0.25) is 0 Å². The Morgan fingerprint density at radius 2 is 2.20 bits per heavy atom. The van der Waals surface area contributed by atoms with Crippen LogP contribution in [0.15, 0.2) is 35.3 Å². The highest BCUT2D eigenvalue weighted by atomic mass is 32.2. The van der Waals surface area contributed by atoms with Crippen molar-refractivity contribution in [3.63, 3.8) is 0 Å². The van der Waals surface area contributed by atoms with Gasteiger partial charge in [-0.05, 0) is 30.4 Å². The molecule has 0 unspecified atom stereocenters. The van der Waals surface area contributed by atoms with E-state index in [4.69, 9.17) is 5.73 Å². The maximum Gasteiger partial charge on any atom is 0.261 e. The predicted molar refractivity (Wildman–Crippen MR) is 98.2 cm³/mol. The maximum atomic E-state index is 11.8. The van der Waals surface area contributed by atoms with E-state index in [0.29, 0.717) is 29.8 Å². The Morgan fingerprint density at radius 1 is 1.32 bits per heavy atom. The minimum absolute atomic E-state index is 0.0295. The topological polar surface area (TPSA) is 130 Å². The molecule has 0 saturated carbocycles. The Morgan fingerprint density at radius 3 is 3.00 bits per heavy atom. The molecule has 0 aliphatic rings. The highest BCUT2D eigenvalue weighted by Crippen LogP contribution is 2.12. The van der Waals surface area contributed by atoms with Crippen molar-refractivity contribution in [3.05, 3.63) is 52.2 Å². The number of aromatic nitrogens is 4. The number of anilines is 1. The Bertz CT molecular complexity index is 921. The number of fused-ring (bicyclic) bond motifs is 1. The smallest absolute Gasteiger partial charge is 0.261 e. The molecule has 0 fully saturated rings. The molecule has 3 aromatic rings. The van der Waals surface area contributed by atoms with Gasteiger partial charge in [0.15, 0.2) is 0 Å². The second kappa shape index (κ2) is 7.84. The Balaban J connectivity index is 1.43. The Kier molecular flexibility index (Phi) is 5.34. The lowest BCUT2D eigenvalue weighted by Crippen LogP contribution is -2.25. The summed E-state index contributed by atoms with van der Waals surface area (Å²) in [5.41, 5.74) is 7.46. The number of nitrogen functional groups attached to an aromatic ring is 1. The zero-order valence-electron chi connectivity index (χ0n) is 13.4. The third-order valence-electron chi connectivity index (χ3n) is 3.51. The van der Waals surface area contributed by atoms with E-state index in [9.17, 15) is 9.59 Å². The van der Waals surface area contributed by atoms with E-state index in [1.807, 2.05) is 18.2 Å². The first kappa shape index (κ1) is 17.0. The van der Waals surface area contributed by atoms with Crippen LogP contribution in [0.5, 0.6) is 0 Å². The first-order valence-corrected chi connectivity index (χ1v) is 8.89. The summed E-state index contributed by atoms with van der Waals surface area (Å²) < 4.78 is 0. The number of hydrogen-bond acceptors (Lipinski definition) is 6. The maximum absolute atomic E-state index is 11.8. The van der Waals surface area contributed by atoms with Gasteiger partial charge >= 0.3 is 0 Å². The summed E-state index contributed by atoms with van der Waals surface area (Å²) >= 11 is 1.53. The fraction of sp³-hybridized carbons (Fsp3) is 0.250. The van der Waals surface area contributed by atoms with Gasteiger partial charge in [0.25, 0.3) is 5.56 Å². The molecule has 0 saturated heterocycles. The molecule has 3 rings (SSSR count). The summed E-state index contributed by atoms with van der Waals surface area (Å²) in [4.78, 5) is 37.3. The molecule has 5 N–H and O–H groups in total. The summed E-state index contributed by atoms with van der Waals surface area (Å²) in [6.07, 6.45) is 2.40. The van der Waals surface area contributed by atoms with E-state index in [-0.39, 0.29) is 17.4 Å². The molecule has 9 heteroatoms. The molecular formula is C16H18N6O2S. The van der Waals surface area contributed by atoms with E-state index >= 15 is 0 Å². The summed E-state index contributed by atoms with van der Waals surface area (Å²) in [5.74, 6) is 1.18. The summed E-state index contributed by atoms with van der Waals surface area (Å²) in [6.45, 7) is 0.429. The van der Waals surface area contributed by atoms with Crippen LogP contribution in [-0.4, -0.2) is 37.3 Å². The van der Waals surface area contributed by atoms with Gasteiger partial charge in [0.05, 0.1) is 23.4 Å². The lowest BCUT2D eigenvalue weighted by Gasteiger charge is -2.04. The lowest BCUT2D eigenvalue weighted by molar-refractivity contribution is -0.118. The Hall–Kier alpha value is -2.81. The molecule has 8 nitrogen and oxygen atoms in total. The SMILES string of the molecule is Nc1nc2[nH]c(CCSCC(=O)NCc3ccccn3)cc2c(=O)[nH]1. The lowest BCUT2D eigenvalue weighted by atomic mass is 10.3. The molecule has 0 radical (unpaired) electrons. The second-order valence-electron chi connectivity index (χ2n) is 5.41. The number of hydrogen-bond donors (Lipinski definition) is 4. The van der Waals surface area contributed by atoms with Crippen LogP contribution in [0.3, 0.4) is 0 Å². The summed E-state index contributed by atoms with van der Waals surface area (Å²) in [6, 6.07) is 7.36. The van der Waals surface area contributed by atoms with Crippen molar-refractivity contribution in [1.82, 2.24) is 25.3 Å². The largest absolute Gasteiger partial charge is 0.369 e. The number of thioether (sulfide) groups is 1. The van der Waals surface area contributed by atoms with Crippen LogP contribution in [0, 0.1) is 0 Å². The molecular weight excluding hydrogens is 340 g/mol. The van der Waals surface area contributed by atoms with Crippen LogP contribution in [0.1, 0.15) is 11.4 Å². The molecule has 130 valence electrons. The highest BCUT2D eigenvalue weighted by Gasteiger charge is 2.07. The zero-order valence-corrected chi connectivity index (χ0v) is 14.2. The standard InChI is InChI=1S/C16H18N6O2S/c17-16-21-14-12(15(24)22-16)7-10(20-14)4-6-25-9-13(23)19-8-11-3-1-2-5-18-11/h1-3,5,7H,4,6,8-9H2,(H,19,23)(H4,17,20,21,22,24). The summed E-state index contributed by atoms with van der Waals surface area (Å²) in [7, 11) is 0. The fourth-order valence-corrected chi connectivity index (χ4v) is 3.11. The van der Waals surface area contributed by atoms with E-state index in [1.54, 1.807) is 12.3 Å². The predicted octanol–water partition coefficient (Wildman–Crippen LogP) is 0.820. The van der Waals surface area contributed by atoms with Crippen molar-refractivity contribution in [2.45, 2.75) is 13.0 Å². The van der Waals surface area contributed by atoms with Crippen molar-refractivity contribution in [3.8, 4) is 0 Å². The number of nitrogens with zero attached hydrogens (tertiary/aromatic N) is 2. The van der Waals surface area contributed by atoms with Crippen molar-refractivity contribution in [1.29, 1.82) is 0 Å². The number of nitrogens with one attached hydrogen (secondary N) is 3. The molecule has 0 aromatic carbocycles. The fourth-order valence-electron chi connectivity index (χ4n) is 2.32. The molecule has 0 atom stereocenters. The van der Waals surface area contributed by atoms with Crippen LogP contribution < -0.4 is 16.6 Å². The van der Waals surface area contributed by atoms with Gasteiger partial charge in [-0.2, -0.15) is 16.7 Å². The first-order chi connectivity index (χ1) is 12.1. The molecule has 0 aliphatic carbocycles. The molecule has 0 bridgehead atoms. The van der Waals surface area contributed by atoms with Crippen molar-refractivity contribution < 1.29 is 4.79 Å². The van der Waals surface area contributed by atoms with Gasteiger partial charge in [0, 0.05) is 11.9 Å². The van der Waals surface area contributed by atoms with Crippen LogP contribution >= 0.6 is 11.8 Å². The number of aryl methyl sites for hydroxylation is 1. The van der Waals surface area contributed by atoms with Gasteiger partial charge in [-0.1, -0.05) is 6.07 Å². The van der Waals surface area contributed by atoms with Crippen molar-refractivity contribution in [2.75, 3.05) is 17.2 Å². The van der Waals surface area contributed by atoms with Gasteiger partial charge in [-0.25, -0.2) is 0 Å². The van der Waals surface area contributed by atoms with Crippen LogP contribution in [0.25, 0.3) is 11.0 Å². The van der Waals surface area contributed by atoms with Gasteiger partial charge in [0.1, 0.15) is 5.65 Å². The molecule has 3 aromatic heterocycles. The molecule has 0 spiro atoms. The molecule has 1 amide bonds. The minimum Gasteiger partial charge on any atom is -0.369 e. The van der Waals surface area contributed by atoms with Gasteiger partial charge in [0.2, 0.25) is 11.9 Å². The number of amides is 1. The van der Waals surface area contributed by atoms with Crippen LogP contribution in [0.4, 0.5) is 5.95 Å². The van der Waals surface area contributed by atoms with E-state index in [1.165, 1.54) is 11.8 Å². The highest BCUT2D eigenvalue weighted by molar-refractivity contribution is 7.99. The zero-order chi connectivity index (χ0) is 17.6. The third kappa shape index (κ3) is 4.60. The van der Waals surface area contributed by atoms with Crippen LogP contribution in [-0.2, 0) is 17.8 Å². The molecule has 3 heterocycles. The average Bonchev–Trinajstić information content (AvgIpc) is 3.01. The van der Waals surface area contributed by atoms with E-state index in [0.717, 1.165) is 17.1 Å². The Labute approximate surface area is 147 Å². The normalized spacial score (nSPS) is 10.9. The summed E-state index contributed by atoms with van der Waals surface area (Å²) in [5, 5.41) is 3.32. The van der Waals surface area contributed by atoms with E-state index < -0.39 is 0 Å². The van der Waals surface area contributed by atoms with Gasteiger partial charge < -0.3 is 16.0 Å². The number of carbonyl (C=O) groups excluding carboxylic acids is 1. The number of aromatic amines is 2. The number of rotatable bonds is 7. The monoisotopic (exact) mass is 358 g/mol. The number of carbonyl (C=O) groups is 1. The quantitative estimate of drug-likeness (QED) is 0.463. The minimum atomic E-state index is -0.258.